The summed E-state index contributed by atoms with van der Waals surface area (Å²) in [5.74, 6) is -0.985. The maximum absolute atomic E-state index is 12.9. The average molecular weight is 324 g/mol. The Morgan fingerprint density at radius 1 is 1.41 bits per heavy atom. The maximum atomic E-state index is 12.9. The van der Waals surface area contributed by atoms with Crippen LogP contribution in [0, 0.1) is 5.82 Å². The molecule has 2 rings (SSSR count). The molecule has 0 atom stereocenters. The van der Waals surface area contributed by atoms with Crippen molar-refractivity contribution in [3.63, 3.8) is 0 Å². The Bertz CT molecular complexity index is 731. The van der Waals surface area contributed by atoms with Crippen molar-refractivity contribution >= 4 is 17.7 Å². The Hall–Kier alpha value is -2.35. The molecule has 0 radical (unpaired) electrons. The first kappa shape index (κ1) is 16.0. The molecule has 0 unspecified atom stereocenters. The van der Waals surface area contributed by atoms with Gasteiger partial charge >= 0.3 is 11.5 Å². The molecule has 0 fully saturated rings. The van der Waals surface area contributed by atoms with Gasteiger partial charge in [0, 0.05) is 5.75 Å². The van der Waals surface area contributed by atoms with Gasteiger partial charge in [-0.05, 0) is 17.7 Å². The summed E-state index contributed by atoms with van der Waals surface area (Å²) < 4.78 is 19.0. The van der Waals surface area contributed by atoms with Gasteiger partial charge < -0.3 is 14.4 Å². The van der Waals surface area contributed by atoms with E-state index in [1.807, 2.05) is 0 Å². The third kappa shape index (κ3) is 4.08. The van der Waals surface area contributed by atoms with Crippen molar-refractivity contribution in [3.05, 3.63) is 52.2 Å². The Kier molecular flexibility index (Phi) is 5.16. The van der Waals surface area contributed by atoms with E-state index in [9.17, 15) is 14.0 Å². The number of thioether (sulfide) groups is 1. The van der Waals surface area contributed by atoms with Gasteiger partial charge in [0.05, 0.1) is 13.3 Å². The minimum atomic E-state index is -1.06. The third-order valence-electron chi connectivity index (χ3n) is 2.73. The number of aromatic nitrogens is 2. The lowest BCUT2D eigenvalue weighted by molar-refractivity contribution is -0.137. The largest absolute Gasteiger partial charge is 0.490 e. The van der Waals surface area contributed by atoms with Crippen LogP contribution in [0.4, 0.5) is 4.39 Å². The summed E-state index contributed by atoms with van der Waals surface area (Å²) >= 11 is 1.19. The molecular formula is C14H13FN2O4S. The quantitative estimate of drug-likeness (QED) is 0.644. The van der Waals surface area contributed by atoms with Crippen LogP contribution in [0.2, 0.25) is 0 Å². The highest BCUT2D eigenvalue weighted by Crippen LogP contribution is 2.21. The summed E-state index contributed by atoms with van der Waals surface area (Å²) in [5, 5.41) is 9.18. The van der Waals surface area contributed by atoms with Crippen molar-refractivity contribution < 1.29 is 19.0 Å². The van der Waals surface area contributed by atoms with Gasteiger partial charge in [-0.25, -0.2) is 4.39 Å². The second kappa shape index (κ2) is 7.08. The summed E-state index contributed by atoms with van der Waals surface area (Å²) in [5.41, 5.74) is 0.268. The van der Waals surface area contributed by atoms with Crippen LogP contribution < -0.4 is 10.3 Å². The number of aliphatic carboxylic acids is 1. The van der Waals surface area contributed by atoms with E-state index in [2.05, 4.69) is 4.98 Å². The standard InChI is InChI=1S/C14H13FN2O4S/c1-21-11-6-17(7-12(18)19)14(16-13(11)20)22-8-9-2-4-10(15)5-3-9/h2-6H,7-8H2,1H3,(H,18,19). The topological polar surface area (TPSA) is 81.4 Å². The van der Waals surface area contributed by atoms with E-state index < -0.39 is 11.5 Å². The molecule has 116 valence electrons. The number of carboxylic acids is 1. The van der Waals surface area contributed by atoms with E-state index in [0.717, 1.165) is 5.56 Å². The number of rotatable bonds is 6. The van der Waals surface area contributed by atoms with Gasteiger partial charge in [0.15, 0.2) is 5.16 Å². The lowest BCUT2D eigenvalue weighted by atomic mass is 10.2. The highest BCUT2D eigenvalue weighted by molar-refractivity contribution is 7.98. The molecular weight excluding hydrogens is 311 g/mol. The van der Waals surface area contributed by atoms with Crippen LogP contribution in [0.1, 0.15) is 5.56 Å². The lowest BCUT2D eigenvalue weighted by Gasteiger charge is -2.11. The van der Waals surface area contributed by atoms with Crippen LogP contribution >= 0.6 is 11.8 Å². The van der Waals surface area contributed by atoms with Crippen molar-refractivity contribution in [2.75, 3.05) is 7.11 Å². The average Bonchev–Trinajstić information content (AvgIpc) is 2.48. The fraction of sp³-hybridized carbons (Fsp3) is 0.214. The number of nitrogens with zero attached hydrogens (tertiary/aromatic N) is 2. The van der Waals surface area contributed by atoms with E-state index in [1.165, 1.54) is 41.8 Å². The highest BCUT2D eigenvalue weighted by Gasteiger charge is 2.12. The van der Waals surface area contributed by atoms with Crippen molar-refractivity contribution in [1.29, 1.82) is 0 Å². The minimum Gasteiger partial charge on any atom is -0.490 e. The summed E-state index contributed by atoms with van der Waals surface area (Å²) in [6.07, 6.45) is 1.32. The number of methoxy groups -OCH3 is 1. The first-order valence-corrected chi connectivity index (χ1v) is 7.22. The lowest BCUT2D eigenvalue weighted by Crippen LogP contribution is -2.19. The second-order valence-electron chi connectivity index (χ2n) is 4.33. The fourth-order valence-corrected chi connectivity index (χ4v) is 2.62. The number of ether oxygens (including phenoxy) is 1. The predicted octanol–water partition coefficient (Wildman–Crippen LogP) is 1.77. The van der Waals surface area contributed by atoms with Crippen molar-refractivity contribution in [1.82, 2.24) is 9.55 Å². The van der Waals surface area contributed by atoms with Gasteiger partial charge in [-0.1, -0.05) is 23.9 Å². The molecule has 0 amide bonds. The predicted molar refractivity (Wildman–Crippen MR) is 78.6 cm³/mol. The van der Waals surface area contributed by atoms with Crippen molar-refractivity contribution in [2.24, 2.45) is 0 Å². The van der Waals surface area contributed by atoms with Crippen LogP contribution in [-0.4, -0.2) is 27.7 Å². The van der Waals surface area contributed by atoms with Gasteiger partial charge in [-0.2, -0.15) is 4.98 Å². The molecule has 0 saturated carbocycles. The number of carboxylic acid groups (broad SMARTS) is 1. The zero-order valence-corrected chi connectivity index (χ0v) is 12.5. The number of halogens is 1. The van der Waals surface area contributed by atoms with Crippen LogP contribution in [0.5, 0.6) is 5.75 Å². The SMILES string of the molecule is COc1cn(CC(=O)O)c(SCc2ccc(F)cc2)nc1=O. The molecule has 6 nitrogen and oxygen atoms in total. The summed E-state index contributed by atoms with van der Waals surface area (Å²) in [4.78, 5) is 26.4. The van der Waals surface area contributed by atoms with E-state index in [-0.39, 0.29) is 23.3 Å². The van der Waals surface area contributed by atoms with Crippen LogP contribution in [0.25, 0.3) is 0 Å². The fourth-order valence-electron chi connectivity index (χ4n) is 1.70. The highest BCUT2D eigenvalue weighted by atomic mass is 32.2. The van der Waals surface area contributed by atoms with E-state index in [4.69, 9.17) is 9.84 Å². The molecule has 1 aromatic heterocycles. The Morgan fingerprint density at radius 2 is 2.09 bits per heavy atom. The molecule has 0 aliphatic carbocycles. The van der Waals surface area contributed by atoms with Crippen molar-refractivity contribution in [3.8, 4) is 5.75 Å². The summed E-state index contributed by atoms with van der Waals surface area (Å²) in [6, 6.07) is 5.90. The molecule has 8 heteroatoms. The van der Waals surface area contributed by atoms with Gasteiger partial charge in [0.25, 0.3) is 0 Å². The minimum absolute atomic E-state index is 0.0209. The second-order valence-corrected chi connectivity index (χ2v) is 5.28. The van der Waals surface area contributed by atoms with Crippen molar-refractivity contribution in [2.45, 2.75) is 17.5 Å². The third-order valence-corrected chi connectivity index (χ3v) is 3.80. The number of carbonyl (C=O) groups is 1. The van der Waals surface area contributed by atoms with E-state index in [0.29, 0.717) is 5.75 Å². The molecule has 1 aromatic carbocycles. The molecule has 0 aliphatic heterocycles. The molecule has 1 N–H and O–H groups in total. The molecule has 22 heavy (non-hydrogen) atoms. The smallest absolute Gasteiger partial charge is 0.323 e. The van der Waals surface area contributed by atoms with Gasteiger partial charge in [0.2, 0.25) is 5.75 Å². The van der Waals surface area contributed by atoms with Gasteiger partial charge in [-0.3, -0.25) is 9.59 Å². The zero-order valence-electron chi connectivity index (χ0n) is 11.7. The van der Waals surface area contributed by atoms with Gasteiger partial charge in [-0.15, -0.1) is 0 Å². The first-order chi connectivity index (χ1) is 10.5. The number of hydrogen-bond donors (Lipinski definition) is 1. The normalized spacial score (nSPS) is 10.5. The molecule has 0 spiro atoms. The summed E-state index contributed by atoms with van der Waals surface area (Å²) in [7, 11) is 1.31. The van der Waals surface area contributed by atoms with E-state index in [1.54, 1.807) is 12.1 Å². The maximum Gasteiger partial charge on any atom is 0.323 e. The Morgan fingerprint density at radius 3 is 2.68 bits per heavy atom. The molecule has 1 heterocycles. The molecule has 2 aromatic rings. The number of hydrogen-bond acceptors (Lipinski definition) is 5. The molecule has 0 saturated heterocycles. The van der Waals surface area contributed by atoms with Crippen LogP contribution in [-0.2, 0) is 17.1 Å². The summed E-state index contributed by atoms with van der Waals surface area (Å²) in [6.45, 7) is -0.338. The first-order valence-electron chi connectivity index (χ1n) is 6.24. The molecule has 0 aliphatic rings. The molecule has 0 bridgehead atoms. The van der Waals surface area contributed by atoms with E-state index >= 15 is 0 Å². The van der Waals surface area contributed by atoms with Gasteiger partial charge in [0.1, 0.15) is 12.4 Å². The zero-order chi connectivity index (χ0) is 16.1. The Labute approximate surface area is 129 Å². The Balaban J connectivity index is 2.24. The van der Waals surface area contributed by atoms with Crippen LogP contribution in [0.15, 0.2) is 40.4 Å². The monoisotopic (exact) mass is 324 g/mol. The van der Waals surface area contributed by atoms with Crippen LogP contribution in [0.3, 0.4) is 0 Å². The number of benzene rings is 1.